The molecule has 1 fully saturated rings. The van der Waals surface area contributed by atoms with Gasteiger partial charge in [-0.3, -0.25) is 4.79 Å². The Morgan fingerprint density at radius 2 is 1.84 bits per heavy atom. The molecule has 0 unspecified atom stereocenters. The minimum Gasteiger partial charge on any atom is -0.338 e. The summed E-state index contributed by atoms with van der Waals surface area (Å²) >= 11 is 0. The normalized spacial score (nSPS) is 16.5. The van der Waals surface area contributed by atoms with Gasteiger partial charge < -0.3 is 15.1 Å². The van der Waals surface area contributed by atoms with E-state index in [1.165, 1.54) is 25.7 Å². The van der Waals surface area contributed by atoms with Crippen molar-refractivity contribution in [2.24, 2.45) is 0 Å². The van der Waals surface area contributed by atoms with Crippen molar-refractivity contribution in [1.82, 2.24) is 15.1 Å². The molecule has 0 atom stereocenters. The quantitative estimate of drug-likeness (QED) is 0.728. The molecule has 1 amide bonds. The molecule has 4 nitrogen and oxygen atoms in total. The van der Waals surface area contributed by atoms with Gasteiger partial charge in [0, 0.05) is 38.1 Å². The van der Waals surface area contributed by atoms with Crippen molar-refractivity contribution in [3.05, 3.63) is 0 Å². The van der Waals surface area contributed by atoms with Crippen LogP contribution in [0.1, 0.15) is 46.0 Å². The Balaban J connectivity index is 2.43. The van der Waals surface area contributed by atoms with Crippen LogP contribution in [0.25, 0.3) is 0 Å². The SMILES string of the molecule is CC(C)NCCC(=O)N(CCN(C)C)C1CCCC1. The fourth-order valence-corrected chi connectivity index (χ4v) is 2.65. The molecule has 4 heteroatoms. The van der Waals surface area contributed by atoms with E-state index >= 15 is 0 Å². The highest BCUT2D eigenvalue weighted by molar-refractivity contribution is 5.76. The first-order chi connectivity index (χ1) is 9.00. The zero-order chi connectivity index (χ0) is 14.3. The van der Waals surface area contributed by atoms with Gasteiger partial charge in [-0.15, -0.1) is 0 Å². The summed E-state index contributed by atoms with van der Waals surface area (Å²) in [5.41, 5.74) is 0. The molecule has 0 aromatic carbocycles. The minimum absolute atomic E-state index is 0.321. The van der Waals surface area contributed by atoms with Gasteiger partial charge in [-0.2, -0.15) is 0 Å². The molecule has 19 heavy (non-hydrogen) atoms. The molecule has 1 N–H and O–H groups in total. The van der Waals surface area contributed by atoms with E-state index in [0.717, 1.165) is 19.6 Å². The lowest BCUT2D eigenvalue weighted by Crippen LogP contribution is -2.43. The van der Waals surface area contributed by atoms with Crippen LogP contribution < -0.4 is 5.32 Å². The van der Waals surface area contributed by atoms with Crippen LogP contribution in [-0.4, -0.2) is 61.5 Å². The Morgan fingerprint density at radius 3 is 2.37 bits per heavy atom. The fraction of sp³-hybridized carbons (Fsp3) is 0.933. The molecular weight excluding hydrogens is 238 g/mol. The van der Waals surface area contributed by atoms with Crippen LogP contribution in [0.2, 0.25) is 0 Å². The Kier molecular flexibility index (Phi) is 7.39. The summed E-state index contributed by atoms with van der Waals surface area (Å²) in [6.45, 7) is 6.86. The zero-order valence-electron chi connectivity index (χ0n) is 13.1. The van der Waals surface area contributed by atoms with Crippen LogP contribution in [0.4, 0.5) is 0 Å². The highest BCUT2D eigenvalue weighted by atomic mass is 16.2. The van der Waals surface area contributed by atoms with Crippen molar-refractivity contribution in [1.29, 1.82) is 0 Å². The molecule has 0 spiro atoms. The highest BCUT2D eigenvalue weighted by Crippen LogP contribution is 2.23. The number of carbonyl (C=O) groups excluding carboxylic acids is 1. The number of nitrogens with zero attached hydrogens (tertiary/aromatic N) is 2. The van der Waals surface area contributed by atoms with Gasteiger partial charge in [0.2, 0.25) is 5.91 Å². The summed E-state index contributed by atoms with van der Waals surface area (Å²) in [6.07, 6.45) is 5.57. The number of carbonyl (C=O) groups is 1. The summed E-state index contributed by atoms with van der Waals surface area (Å²) in [4.78, 5) is 16.7. The molecule has 0 saturated heterocycles. The van der Waals surface area contributed by atoms with Crippen molar-refractivity contribution >= 4 is 5.91 Å². The van der Waals surface area contributed by atoms with E-state index in [2.05, 4.69) is 43.1 Å². The predicted molar refractivity (Wildman–Crippen MR) is 80.3 cm³/mol. The van der Waals surface area contributed by atoms with Crippen molar-refractivity contribution in [3.8, 4) is 0 Å². The van der Waals surface area contributed by atoms with Crippen LogP contribution >= 0.6 is 0 Å². The highest BCUT2D eigenvalue weighted by Gasteiger charge is 2.25. The first-order valence-electron chi connectivity index (χ1n) is 7.68. The first-order valence-corrected chi connectivity index (χ1v) is 7.68. The van der Waals surface area contributed by atoms with E-state index in [0.29, 0.717) is 24.4 Å². The van der Waals surface area contributed by atoms with Gasteiger partial charge >= 0.3 is 0 Å². The first kappa shape index (κ1) is 16.4. The number of amides is 1. The third kappa shape index (κ3) is 6.39. The Labute approximate surface area is 118 Å². The van der Waals surface area contributed by atoms with Crippen LogP contribution in [0, 0.1) is 0 Å². The molecule has 0 aromatic heterocycles. The maximum atomic E-state index is 12.4. The molecule has 0 heterocycles. The maximum Gasteiger partial charge on any atom is 0.224 e. The summed E-state index contributed by atoms with van der Waals surface area (Å²) in [7, 11) is 4.13. The lowest BCUT2D eigenvalue weighted by Gasteiger charge is -2.30. The van der Waals surface area contributed by atoms with Gasteiger partial charge in [-0.05, 0) is 26.9 Å². The predicted octanol–water partition coefficient (Wildman–Crippen LogP) is 1.71. The van der Waals surface area contributed by atoms with Crippen molar-refractivity contribution in [3.63, 3.8) is 0 Å². The molecular formula is C15H31N3O. The smallest absolute Gasteiger partial charge is 0.224 e. The van der Waals surface area contributed by atoms with Crippen molar-refractivity contribution in [2.75, 3.05) is 33.7 Å². The minimum atomic E-state index is 0.321. The molecule has 1 saturated carbocycles. The lowest BCUT2D eigenvalue weighted by molar-refractivity contribution is -0.133. The van der Waals surface area contributed by atoms with Crippen LogP contribution in [0.3, 0.4) is 0 Å². The zero-order valence-corrected chi connectivity index (χ0v) is 13.1. The maximum absolute atomic E-state index is 12.4. The molecule has 112 valence electrons. The summed E-state index contributed by atoms with van der Waals surface area (Å²) in [6, 6.07) is 0.945. The average Bonchev–Trinajstić information content (AvgIpc) is 2.82. The number of nitrogens with one attached hydrogen (secondary N) is 1. The monoisotopic (exact) mass is 269 g/mol. The number of rotatable bonds is 8. The van der Waals surface area contributed by atoms with E-state index < -0.39 is 0 Å². The number of likely N-dealkylation sites (N-methyl/N-ethyl adjacent to an activating group) is 1. The van der Waals surface area contributed by atoms with E-state index in [4.69, 9.17) is 0 Å². The number of hydrogen-bond donors (Lipinski definition) is 1. The van der Waals surface area contributed by atoms with E-state index in [9.17, 15) is 4.79 Å². The molecule has 1 rings (SSSR count). The Hall–Kier alpha value is -0.610. The van der Waals surface area contributed by atoms with Crippen molar-refractivity contribution in [2.45, 2.75) is 58.0 Å². The van der Waals surface area contributed by atoms with Gasteiger partial charge in [-0.25, -0.2) is 0 Å². The van der Waals surface area contributed by atoms with E-state index in [1.807, 2.05) is 0 Å². The van der Waals surface area contributed by atoms with Gasteiger partial charge in [0.15, 0.2) is 0 Å². The average molecular weight is 269 g/mol. The molecule has 0 aliphatic heterocycles. The van der Waals surface area contributed by atoms with Crippen LogP contribution in [-0.2, 0) is 4.79 Å². The second-order valence-electron chi connectivity index (χ2n) is 6.19. The summed E-state index contributed by atoms with van der Waals surface area (Å²) in [5.74, 6) is 0.321. The van der Waals surface area contributed by atoms with Crippen molar-refractivity contribution < 1.29 is 4.79 Å². The van der Waals surface area contributed by atoms with E-state index in [-0.39, 0.29) is 0 Å². The third-order valence-electron chi connectivity index (χ3n) is 3.77. The topological polar surface area (TPSA) is 35.6 Å². The van der Waals surface area contributed by atoms with Crippen LogP contribution in [0.5, 0.6) is 0 Å². The van der Waals surface area contributed by atoms with Gasteiger partial charge in [0.1, 0.15) is 0 Å². The second-order valence-corrected chi connectivity index (χ2v) is 6.19. The molecule has 1 aliphatic rings. The van der Waals surface area contributed by atoms with Gasteiger partial charge in [-0.1, -0.05) is 26.7 Å². The fourth-order valence-electron chi connectivity index (χ4n) is 2.65. The van der Waals surface area contributed by atoms with Crippen LogP contribution in [0.15, 0.2) is 0 Å². The Bertz CT molecular complexity index is 260. The summed E-state index contributed by atoms with van der Waals surface area (Å²) in [5, 5.41) is 3.33. The number of hydrogen-bond acceptors (Lipinski definition) is 3. The van der Waals surface area contributed by atoms with Gasteiger partial charge in [0.25, 0.3) is 0 Å². The second kappa shape index (κ2) is 8.54. The summed E-state index contributed by atoms with van der Waals surface area (Å²) < 4.78 is 0. The Morgan fingerprint density at radius 1 is 1.21 bits per heavy atom. The molecule has 0 aromatic rings. The largest absolute Gasteiger partial charge is 0.338 e. The lowest BCUT2D eigenvalue weighted by atomic mass is 10.2. The molecule has 0 bridgehead atoms. The van der Waals surface area contributed by atoms with E-state index in [1.54, 1.807) is 0 Å². The standard InChI is InChI=1S/C15H31N3O/c1-13(2)16-10-9-15(19)18(12-11-17(3)4)14-7-5-6-8-14/h13-14,16H,5-12H2,1-4H3. The molecule has 0 radical (unpaired) electrons. The van der Waals surface area contributed by atoms with Gasteiger partial charge in [0.05, 0.1) is 0 Å². The third-order valence-corrected chi connectivity index (χ3v) is 3.77. The molecule has 1 aliphatic carbocycles.